The predicted octanol–water partition coefficient (Wildman–Crippen LogP) is 2.60. The SMILES string of the molecule is CC(C)C(C/C(N)=N/N)C(=O)O.Cc1ccc(-c2ccc(N)nc2)cc1. The number of rotatable bonds is 5. The second-order valence-electron chi connectivity index (χ2n) is 6.35. The maximum Gasteiger partial charge on any atom is 0.307 e. The number of carboxylic acid groups (broad SMARTS) is 1. The number of anilines is 1. The highest BCUT2D eigenvalue weighted by Crippen LogP contribution is 2.19. The Morgan fingerprint density at radius 3 is 2.15 bits per heavy atom. The summed E-state index contributed by atoms with van der Waals surface area (Å²) in [7, 11) is 0. The Bertz CT molecular complexity index is 681. The first kappa shape index (κ1) is 21.0. The molecule has 7 heteroatoms. The number of nitrogens with zero attached hydrogens (tertiary/aromatic N) is 2. The molecule has 1 heterocycles. The zero-order chi connectivity index (χ0) is 19.7. The molecule has 7 N–H and O–H groups in total. The zero-order valence-corrected chi connectivity index (χ0v) is 15.4. The molecule has 7 nitrogen and oxygen atoms in total. The lowest BCUT2D eigenvalue weighted by atomic mass is 9.92. The lowest BCUT2D eigenvalue weighted by Crippen LogP contribution is -2.27. The normalized spacial score (nSPS) is 12.2. The number of pyridine rings is 1. The van der Waals surface area contributed by atoms with E-state index in [1.807, 2.05) is 26.0 Å². The van der Waals surface area contributed by atoms with Crippen molar-refractivity contribution in [3.05, 3.63) is 48.2 Å². The highest BCUT2D eigenvalue weighted by atomic mass is 16.4. The summed E-state index contributed by atoms with van der Waals surface area (Å²) in [4.78, 5) is 14.7. The molecule has 1 unspecified atom stereocenters. The molecule has 1 aromatic heterocycles. The maximum atomic E-state index is 10.6. The Labute approximate surface area is 153 Å². The number of hydrazone groups is 1. The van der Waals surface area contributed by atoms with Crippen LogP contribution in [0.5, 0.6) is 0 Å². The summed E-state index contributed by atoms with van der Waals surface area (Å²) in [6.45, 7) is 5.72. The molecule has 0 bridgehead atoms. The highest BCUT2D eigenvalue weighted by molar-refractivity contribution is 5.85. The number of nitrogen functional groups attached to an aromatic ring is 1. The van der Waals surface area contributed by atoms with E-state index in [0.717, 1.165) is 5.56 Å². The van der Waals surface area contributed by atoms with Gasteiger partial charge >= 0.3 is 5.97 Å². The minimum absolute atomic E-state index is 0.0304. The van der Waals surface area contributed by atoms with Gasteiger partial charge in [-0.2, -0.15) is 5.10 Å². The van der Waals surface area contributed by atoms with E-state index in [9.17, 15) is 4.79 Å². The quantitative estimate of drug-likeness (QED) is 0.280. The number of benzene rings is 1. The molecule has 0 aliphatic carbocycles. The number of carboxylic acids is 1. The van der Waals surface area contributed by atoms with Crippen LogP contribution in [-0.2, 0) is 4.79 Å². The molecule has 0 amide bonds. The van der Waals surface area contributed by atoms with Gasteiger partial charge < -0.3 is 22.4 Å². The van der Waals surface area contributed by atoms with Crippen molar-refractivity contribution < 1.29 is 9.90 Å². The number of hydrogen-bond acceptors (Lipinski definition) is 5. The molecular formula is C19H27N5O2. The van der Waals surface area contributed by atoms with Crippen LogP contribution >= 0.6 is 0 Å². The summed E-state index contributed by atoms with van der Waals surface area (Å²) in [5, 5.41) is 12.0. The summed E-state index contributed by atoms with van der Waals surface area (Å²) in [6.07, 6.45) is 2.00. The maximum absolute atomic E-state index is 10.6. The van der Waals surface area contributed by atoms with Crippen molar-refractivity contribution in [3.8, 4) is 11.1 Å². The van der Waals surface area contributed by atoms with E-state index in [4.69, 9.17) is 22.4 Å². The third kappa shape index (κ3) is 6.80. The lowest BCUT2D eigenvalue weighted by Gasteiger charge is -2.14. The van der Waals surface area contributed by atoms with Gasteiger partial charge in [0.1, 0.15) is 11.7 Å². The van der Waals surface area contributed by atoms with Gasteiger partial charge in [0.2, 0.25) is 0 Å². The molecule has 1 aromatic carbocycles. The van der Waals surface area contributed by atoms with E-state index in [2.05, 4.69) is 41.3 Å². The molecule has 140 valence electrons. The summed E-state index contributed by atoms with van der Waals surface area (Å²) < 4.78 is 0. The van der Waals surface area contributed by atoms with Crippen LogP contribution in [0, 0.1) is 18.8 Å². The molecule has 0 radical (unpaired) electrons. The Morgan fingerprint density at radius 1 is 1.15 bits per heavy atom. The zero-order valence-electron chi connectivity index (χ0n) is 15.4. The second kappa shape index (κ2) is 10.0. The molecule has 0 aliphatic heterocycles. The number of aryl methyl sites for hydroxylation is 1. The van der Waals surface area contributed by atoms with Gasteiger partial charge in [-0.3, -0.25) is 4.79 Å². The number of aromatic nitrogens is 1. The third-order valence-corrected chi connectivity index (χ3v) is 3.89. The second-order valence-corrected chi connectivity index (χ2v) is 6.35. The van der Waals surface area contributed by atoms with Crippen molar-refractivity contribution in [2.75, 3.05) is 5.73 Å². The molecule has 2 aromatic rings. The van der Waals surface area contributed by atoms with Gasteiger partial charge in [0.05, 0.1) is 5.92 Å². The van der Waals surface area contributed by atoms with Crippen molar-refractivity contribution in [2.45, 2.75) is 27.2 Å². The fraction of sp³-hybridized carbons (Fsp3) is 0.316. The van der Waals surface area contributed by atoms with Gasteiger partial charge in [-0.25, -0.2) is 4.98 Å². The van der Waals surface area contributed by atoms with Gasteiger partial charge in [-0.05, 0) is 30.5 Å². The van der Waals surface area contributed by atoms with Gasteiger partial charge in [0.25, 0.3) is 0 Å². The average Bonchev–Trinajstić information content (AvgIpc) is 2.61. The molecule has 0 saturated heterocycles. The van der Waals surface area contributed by atoms with E-state index < -0.39 is 11.9 Å². The summed E-state index contributed by atoms with van der Waals surface area (Å²) in [5.74, 6) is 4.29. The van der Waals surface area contributed by atoms with E-state index in [-0.39, 0.29) is 18.2 Å². The number of carbonyl (C=O) groups is 1. The lowest BCUT2D eigenvalue weighted by molar-refractivity contribution is -0.142. The van der Waals surface area contributed by atoms with Crippen LogP contribution in [0.15, 0.2) is 47.7 Å². The Hall–Kier alpha value is -3.09. The monoisotopic (exact) mass is 357 g/mol. The fourth-order valence-corrected chi connectivity index (χ4v) is 2.21. The molecule has 26 heavy (non-hydrogen) atoms. The molecule has 2 rings (SSSR count). The first-order valence-electron chi connectivity index (χ1n) is 8.28. The average molecular weight is 357 g/mol. The van der Waals surface area contributed by atoms with E-state index in [0.29, 0.717) is 5.82 Å². The predicted molar refractivity (Wildman–Crippen MR) is 105 cm³/mol. The Morgan fingerprint density at radius 2 is 1.73 bits per heavy atom. The fourth-order valence-electron chi connectivity index (χ4n) is 2.21. The molecule has 0 saturated carbocycles. The standard InChI is InChI=1S/C12H12N2.C7H15N3O2/c1-9-2-4-10(5-3-9)11-6-7-12(13)14-8-11;1-4(2)5(7(11)12)3-6(8)10-9/h2-8H,1H3,(H2,13,14);4-5H,3,9H2,1-2H3,(H2,8,10)(H,11,12). The highest BCUT2D eigenvalue weighted by Gasteiger charge is 2.22. The summed E-state index contributed by atoms with van der Waals surface area (Å²) in [5.41, 5.74) is 14.4. The van der Waals surface area contributed by atoms with Crippen molar-refractivity contribution in [3.63, 3.8) is 0 Å². The number of amidine groups is 1. The first-order chi connectivity index (χ1) is 12.2. The van der Waals surface area contributed by atoms with Crippen LogP contribution in [0.2, 0.25) is 0 Å². The van der Waals surface area contributed by atoms with E-state index >= 15 is 0 Å². The van der Waals surface area contributed by atoms with Crippen LogP contribution in [0.25, 0.3) is 11.1 Å². The van der Waals surface area contributed by atoms with Crippen LogP contribution in [0.1, 0.15) is 25.8 Å². The van der Waals surface area contributed by atoms with Crippen molar-refractivity contribution in [1.29, 1.82) is 0 Å². The summed E-state index contributed by atoms with van der Waals surface area (Å²) >= 11 is 0. The molecular weight excluding hydrogens is 330 g/mol. The summed E-state index contributed by atoms with van der Waals surface area (Å²) in [6, 6.07) is 12.1. The largest absolute Gasteiger partial charge is 0.481 e. The van der Waals surface area contributed by atoms with Crippen LogP contribution in [-0.4, -0.2) is 21.9 Å². The molecule has 1 atom stereocenters. The van der Waals surface area contributed by atoms with Gasteiger partial charge in [-0.1, -0.05) is 43.7 Å². The van der Waals surface area contributed by atoms with Gasteiger partial charge in [0.15, 0.2) is 0 Å². The smallest absolute Gasteiger partial charge is 0.307 e. The number of nitrogens with two attached hydrogens (primary N) is 3. The third-order valence-electron chi connectivity index (χ3n) is 3.89. The van der Waals surface area contributed by atoms with Crippen LogP contribution in [0.3, 0.4) is 0 Å². The van der Waals surface area contributed by atoms with E-state index in [1.165, 1.54) is 11.1 Å². The topological polar surface area (TPSA) is 141 Å². The number of aliphatic carboxylic acids is 1. The molecule has 0 spiro atoms. The van der Waals surface area contributed by atoms with Crippen molar-refractivity contribution >= 4 is 17.6 Å². The Balaban J connectivity index is 0.000000265. The first-order valence-corrected chi connectivity index (χ1v) is 8.28. The minimum atomic E-state index is -0.864. The number of hydrogen-bond donors (Lipinski definition) is 4. The minimum Gasteiger partial charge on any atom is -0.481 e. The Kier molecular flexibility index (Phi) is 8.08. The molecule has 0 fully saturated rings. The van der Waals surface area contributed by atoms with Crippen LogP contribution < -0.4 is 17.3 Å². The van der Waals surface area contributed by atoms with Gasteiger partial charge in [0, 0.05) is 18.2 Å². The van der Waals surface area contributed by atoms with E-state index in [1.54, 1.807) is 6.20 Å². The van der Waals surface area contributed by atoms with Crippen molar-refractivity contribution in [1.82, 2.24) is 4.98 Å². The van der Waals surface area contributed by atoms with Crippen LogP contribution in [0.4, 0.5) is 5.82 Å². The van der Waals surface area contributed by atoms with Gasteiger partial charge in [-0.15, -0.1) is 0 Å². The van der Waals surface area contributed by atoms with Crippen molar-refractivity contribution in [2.24, 2.45) is 28.5 Å². The molecule has 0 aliphatic rings.